The van der Waals surface area contributed by atoms with Crippen molar-refractivity contribution < 1.29 is 4.92 Å². The van der Waals surface area contributed by atoms with Crippen LogP contribution < -0.4 is 0 Å². The Morgan fingerprint density at radius 3 is 2.74 bits per heavy atom. The highest BCUT2D eigenvalue weighted by Gasteiger charge is 2.18. The van der Waals surface area contributed by atoms with Crippen molar-refractivity contribution in [2.24, 2.45) is 11.8 Å². The molecule has 0 aliphatic heterocycles. The molecule has 35 heavy (non-hydrogen) atoms. The molecular formula is C31H44N2O2. The lowest BCUT2D eigenvalue weighted by atomic mass is 9.89. The minimum absolute atomic E-state index is 0.0893. The molecule has 0 bridgehead atoms. The van der Waals surface area contributed by atoms with Gasteiger partial charge in [0.15, 0.2) is 0 Å². The zero-order valence-corrected chi connectivity index (χ0v) is 22.1. The number of hydrogen-bond acceptors (Lipinski definition) is 3. The smallest absolute Gasteiger partial charge is 0.210 e. The summed E-state index contributed by atoms with van der Waals surface area (Å²) in [6.07, 6.45) is 34.6. The average Bonchev–Trinajstić information content (AvgIpc) is 2.80. The predicted octanol–water partition coefficient (Wildman–Crippen LogP) is 8.50. The van der Waals surface area contributed by atoms with E-state index in [0.717, 1.165) is 37.0 Å². The standard InChI is InChI=1S/C31H44N2O2/c1-6-8-10-12-13-17-21-29(25-33(34)35)24-31(30-22-18-14-15-19-27(3)23-30)26-32(5)28(4)20-16-11-9-7-2/h6-9,11-13,17-18,20-23,26-27,29H,2,10,14-16,19,24-25H2,1,3-5H3/b8-6-,11-9-,13-12?,21-17+,22-18-,28-20+,30-23+,31-26-. The van der Waals surface area contributed by atoms with Gasteiger partial charge in [-0.3, -0.25) is 10.1 Å². The topological polar surface area (TPSA) is 46.4 Å². The third kappa shape index (κ3) is 14.0. The van der Waals surface area contributed by atoms with Crippen LogP contribution in [0.5, 0.6) is 0 Å². The molecule has 1 rings (SSSR count). The molecule has 0 radical (unpaired) electrons. The Balaban J connectivity index is 3.27. The molecule has 0 spiro atoms. The van der Waals surface area contributed by atoms with E-state index in [1.807, 2.05) is 44.4 Å². The number of rotatable bonds is 14. The molecule has 4 nitrogen and oxygen atoms in total. The van der Waals surface area contributed by atoms with E-state index in [4.69, 9.17) is 0 Å². The van der Waals surface area contributed by atoms with Crippen molar-refractivity contribution in [1.82, 2.24) is 4.90 Å². The van der Waals surface area contributed by atoms with Crippen LogP contribution in [0.3, 0.4) is 0 Å². The van der Waals surface area contributed by atoms with Gasteiger partial charge in [0.1, 0.15) is 0 Å². The van der Waals surface area contributed by atoms with Crippen LogP contribution in [-0.2, 0) is 0 Å². The number of nitrogens with zero attached hydrogens (tertiary/aromatic N) is 2. The number of hydrogen-bond donors (Lipinski definition) is 0. The first kappa shape index (κ1) is 29.9. The van der Waals surface area contributed by atoms with E-state index in [-0.39, 0.29) is 17.4 Å². The lowest BCUT2D eigenvalue weighted by Gasteiger charge is -2.22. The van der Waals surface area contributed by atoms with E-state index < -0.39 is 0 Å². The Bertz CT molecular complexity index is 897. The van der Waals surface area contributed by atoms with Crippen LogP contribution in [0.15, 0.2) is 109 Å². The van der Waals surface area contributed by atoms with Gasteiger partial charge in [-0.1, -0.05) is 92.5 Å². The van der Waals surface area contributed by atoms with Crippen molar-refractivity contribution in [3.63, 3.8) is 0 Å². The molecule has 0 aromatic heterocycles. The monoisotopic (exact) mass is 476 g/mol. The number of nitro groups is 1. The first-order chi connectivity index (χ1) is 16.9. The first-order valence-corrected chi connectivity index (χ1v) is 12.7. The van der Waals surface area contributed by atoms with Crippen molar-refractivity contribution in [3.8, 4) is 0 Å². The third-order valence-corrected chi connectivity index (χ3v) is 5.89. The van der Waals surface area contributed by atoms with E-state index in [1.165, 1.54) is 12.0 Å². The molecule has 2 atom stereocenters. The molecule has 0 saturated carbocycles. The second-order valence-corrected chi connectivity index (χ2v) is 9.04. The summed E-state index contributed by atoms with van der Waals surface area (Å²) in [6, 6.07) is 0. The molecule has 0 heterocycles. The molecule has 0 N–H and O–H groups in total. The Morgan fingerprint density at radius 2 is 2.03 bits per heavy atom. The summed E-state index contributed by atoms with van der Waals surface area (Å²) in [5, 5.41) is 11.5. The van der Waals surface area contributed by atoms with Gasteiger partial charge in [-0.25, -0.2) is 0 Å². The first-order valence-electron chi connectivity index (χ1n) is 12.7. The van der Waals surface area contributed by atoms with Gasteiger partial charge in [0.05, 0.1) is 0 Å². The molecule has 0 saturated heterocycles. The van der Waals surface area contributed by atoms with Crippen molar-refractivity contribution in [2.75, 3.05) is 13.6 Å². The van der Waals surface area contributed by atoms with Crippen LogP contribution in [-0.4, -0.2) is 23.4 Å². The van der Waals surface area contributed by atoms with Crippen LogP contribution in [0.1, 0.15) is 59.3 Å². The minimum Gasteiger partial charge on any atom is -0.355 e. The van der Waals surface area contributed by atoms with Crippen LogP contribution in [0, 0.1) is 22.0 Å². The molecule has 0 amide bonds. The predicted molar refractivity (Wildman–Crippen MR) is 151 cm³/mol. The maximum atomic E-state index is 11.5. The van der Waals surface area contributed by atoms with Crippen molar-refractivity contribution in [1.29, 1.82) is 0 Å². The Hall–Kier alpha value is -3.14. The van der Waals surface area contributed by atoms with E-state index in [9.17, 15) is 10.1 Å². The summed E-state index contributed by atoms with van der Waals surface area (Å²) in [5.74, 6) is 0.286. The van der Waals surface area contributed by atoms with Gasteiger partial charge in [0.25, 0.3) is 0 Å². The lowest BCUT2D eigenvalue weighted by Crippen LogP contribution is -2.16. The second kappa shape index (κ2) is 18.2. The highest BCUT2D eigenvalue weighted by Crippen LogP contribution is 2.27. The van der Waals surface area contributed by atoms with E-state index in [1.54, 1.807) is 6.08 Å². The number of allylic oxidation sites excluding steroid dienone is 15. The van der Waals surface area contributed by atoms with Crippen LogP contribution >= 0.6 is 0 Å². The van der Waals surface area contributed by atoms with Gasteiger partial charge in [-0.15, -0.1) is 0 Å². The van der Waals surface area contributed by atoms with Crippen LogP contribution in [0.2, 0.25) is 0 Å². The second-order valence-electron chi connectivity index (χ2n) is 9.04. The molecule has 1 aliphatic carbocycles. The zero-order valence-electron chi connectivity index (χ0n) is 22.1. The molecule has 0 aromatic rings. The molecule has 1 aliphatic rings. The zero-order chi connectivity index (χ0) is 25.9. The summed E-state index contributed by atoms with van der Waals surface area (Å²) in [6.45, 7) is 9.96. The fraction of sp³-hybridized carbons (Fsp3) is 0.419. The van der Waals surface area contributed by atoms with Gasteiger partial charge >= 0.3 is 0 Å². The van der Waals surface area contributed by atoms with Gasteiger partial charge in [-0.05, 0) is 69.4 Å². The molecule has 2 unspecified atom stereocenters. The van der Waals surface area contributed by atoms with Crippen molar-refractivity contribution in [3.05, 3.63) is 119 Å². The van der Waals surface area contributed by atoms with Crippen LogP contribution in [0.25, 0.3) is 0 Å². The quantitative estimate of drug-likeness (QED) is 0.109. The molecule has 4 heteroatoms. The maximum Gasteiger partial charge on any atom is 0.210 e. The van der Waals surface area contributed by atoms with Gasteiger partial charge < -0.3 is 4.90 Å². The normalized spacial score (nSPS) is 21.3. The SMILES string of the molecule is C=C/C=C\C/C=C(\C)N(C)\C=C(CC(/C=C/C=CC/C=C\C)C[N+](=O)[O-])/C1=C/C(C)CCC/C=C\1. The summed E-state index contributed by atoms with van der Waals surface area (Å²) < 4.78 is 0. The maximum absolute atomic E-state index is 11.5. The fourth-order valence-electron chi connectivity index (χ4n) is 3.83. The lowest BCUT2D eigenvalue weighted by molar-refractivity contribution is -0.485. The highest BCUT2D eigenvalue weighted by molar-refractivity contribution is 5.41. The van der Waals surface area contributed by atoms with E-state index in [2.05, 4.69) is 74.1 Å². The molecule has 0 fully saturated rings. The third-order valence-electron chi connectivity index (χ3n) is 5.89. The van der Waals surface area contributed by atoms with Gasteiger partial charge in [0, 0.05) is 29.8 Å². The molecule has 0 aromatic carbocycles. The summed E-state index contributed by atoms with van der Waals surface area (Å²) in [7, 11) is 2.04. The van der Waals surface area contributed by atoms with Crippen molar-refractivity contribution in [2.45, 2.75) is 59.3 Å². The average molecular weight is 477 g/mol. The Labute approximate surface area is 213 Å². The summed E-state index contributed by atoms with van der Waals surface area (Å²) in [4.78, 5) is 13.4. The van der Waals surface area contributed by atoms with Crippen molar-refractivity contribution >= 4 is 0 Å². The summed E-state index contributed by atoms with van der Waals surface area (Å²) in [5.41, 5.74) is 3.43. The van der Waals surface area contributed by atoms with Gasteiger partial charge in [0.2, 0.25) is 6.54 Å². The van der Waals surface area contributed by atoms with Crippen LogP contribution in [0.4, 0.5) is 0 Å². The summed E-state index contributed by atoms with van der Waals surface area (Å²) >= 11 is 0. The van der Waals surface area contributed by atoms with E-state index >= 15 is 0 Å². The highest BCUT2D eigenvalue weighted by atomic mass is 16.6. The molecule has 190 valence electrons. The fourth-order valence-corrected chi connectivity index (χ4v) is 3.83. The molecular weight excluding hydrogens is 432 g/mol. The Morgan fingerprint density at radius 1 is 1.26 bits per heavy atom. The Kier molecular flexibility index (Phi) is 15.6. The minimum atomic E-state index is -0.206. The largest absolute Gasteiger partial charge is 0.355 e. The van der Waals surface area contributed by atoms with Gasteiger partial charge in [-0.2, -0.15) is 0 Å². The van der Waals surface area contributed by atoms with E-state index in [0.29, 0.717) is 12.3 Å².